The van der Waals surface area contributed by atoms with Gasteiger partial charge in [-0.1, -0.05) is 30.3 Å². The normalized spacial score (nSPS) is 10.0. The molecule has 1 aromatic heterocycles. The fraction of sp³-hybridized carbons (Fsp3) is 0.231. The summed E-state index contributed by atoms with van der Waals surface area (Å²) in [5.74, 6) is 0. The molecule has 3 N–H and O–H groups in total. The van der Waals surface area contributed by atoms with Gasteiger partial charge in [-0.2, -0.15) is 5.10 Å². The molecule has 0 spiro atoms. The first-order valence-corrected chi connectivity index (χ1v) is 6.29. The second-order valence-corrected chi connectivity index (χ2v) is 4.34. The van der Waals surface area contributed by atoms with Crippen LogP contribution in [0.25, 0.3) is 0 Å². The summed E-state index contributed by atoms with van der Waals surface area (Å²) in [6.07, 6.45) is 2.69. The molecule has 1 heterocycles. The molecule has 0 aliphatic heterocycles. The van der Waals surface area contributed by atoms with E-state index in [0.717, 1.165) is 18.7 Å². The summed E-state index contributed by atoms with van der Waals surface area (Å²) in [6.45, 7) is 1.50. The molecule has 0 aliphatic carbocycles. The van der Waals surface area contributed by atoms with Crippen molar-refractivity contribution in [3.05, 3.63) is 53.9 Å². The number of hydrogen-bond acceptors (Lipinski definition) is 2. The van der Waals surface area contributed by atoms with E-state index < -0.39 is 0 Å². The van der Waals surface area contributed by atoms with E-state index in [2.05, 4.69) is 33.0 Å². The van der Waals surface area contributed by atoms with Gasteiger partial charge in [-0.25, -0.2) is 0 Å². The zero-order valence-corrected chi connectivity index (χ0v) is 10.8. The SMILES string of the molecule is S=C(NCCc1ccccc1)NCc1ccn[nH]1. The van der Waals surface area contributed by atoms with Crippen LogP contribution >= 0.6 is 12.2 Å². The number of aromatic amines is 1. The minimum Gasteiger partial charge on any atom is -0.362 e. The second-order valence-electron chi connectivity index (χ2n) is 3.93. The van der Waals surface area contributed by atoms with Crippen LogP contribution in [0.1, 0.15) is 11.3 Å². The largest absolute Gasteiger partial charge is 0.362 e. The molecule has 0 saturated carbocycles. The quantitative estimate of drug-likeness (QED) is 0.715. The number of thiocarbonyl (C=S) groups is 1. The third kappa shape index (κ3) is 4.18. The van der Waals surface area contributed by atoms with Crippen molar-refractivity contribution in [2.75, 3.05) is 6.54 Å². The number of nitrogens with one attached hydrogen (secondary N) is 3. The van der Waals surface area contributed by atoms with Crippen molar-refractivity contribution in [2.24, 2.45) is 0 Å². The Labute approximate surface area is 112 Å². The Hall–Kier alpha value is -1.88. The lowest BCUT2D eigenvalue weighted by atomic mass is 10.1. The van der Waals surface area contributed by atoms with Crippen molar-refractivity contribution in [3.8, 4) is 0 Å². The molecule has 4 nitrogen and oxygen atoms in total. The van der Waals surface area contributed by atoms with E-state index in [9.17, 15) is 0 Å². The Balaban J connectivity index is 1.63. The number of benzene rings is 1. The Bertz CT molecular complexity index is 467. The molecule has 2 rings (SSSR count). The second kappa shape index (κ2) is 6.76. The molecule has 18 heavy (non-hydrogen) atoms. The third-order valence-electron chi connectivity index (χ3n) is 2.54. The lowest BCUT2D eigenvalue weighted by Gasteiger charge is -2.09. The van der Waals surface area contributed by atoms with Gasteiger partial charge in [0, 0.05) is 12.7 Å². The average molecular weight is 260 g/mol. The van der Waals surface area contributed by atoms with Crippen LogP contribution in [0, 0.1) is 0 Å². The van der Waals surface area contributed by atoms with Crippen molar-refractivity contribution < 1.29 is 0 Å². The van der Waals surface area contributed by atoms with Crippen molar-refractivity contribution in [3.63, 3.8) is 0 Å². The molecule has 94 valence electrons. The van der Waals surface area contributed by atoms with Crippen LogP contribution in [-0.4, -0.2) is 21.9 Å². The van der Waals surface area contributed by atoms with Crippen LogP contribution in [-0.2, 0) is 13.0 Å². The number of H-pyrrole nitrogens is 1. The van der Waals surface area contributed by atoms with Gasteiger partial charge >= 0.3 is 0 Å². The maximum Gasteiger partial charge on any atom is 0.166 e. The highest BCUT2D eigenvalue weighted by Gasteiger charge is 1.97. The zero-order chi connectivity index (χ0) is 12.6. The predicted octanol–water partition coefficient (Wildman–Crippen LogP) is 1.62. The maximum absolute atomic E-state index is 5.19. The summed E-state index contributed by atoms with van der Waals surface area (Å²) < 4.78 is 0. The van der Waals surface area contributed by atoms with E-state index in [0.29, 0.717) is 11.7 Å². The van der Waals surface area contributed by atoms with Crippen molar-refractivity contribution in [1.29, 1.82) is 0 Å². The lowest BCUT2D eigenvalue weighted by Crippen LogP contribution is -2.36. The number of aromatic nitrogens is 2. The minimum atomic E-state index is 0.664. The van der Waals surface area contributed by atoms with Gasteiger partial charge in [-0.3, -0.25) is 5.10 Å². The Morgan fingerprint density at radius 1 is 1.17 bits per heavy atom. The molecule has 0 saturated heterocycles. The fourth-order valence-corrected chi connectivity index (χ4v) is 1.76. The van der Waals surface area contributed by atoms with E-state index in [4.69, 9.17) is 12.2 Å². The number of hydrogen-bond donors (Lipinski definition) is 3. The Kier molecular flexibility index (Phi) is 4.72. The van der Waals surface area contributed by atoms with Gasteiger partial charge in [-0.15, -0.1) is 0 Å². The van der Waals surface area contributed by atoms with Crippen LogP contribution in [0.3, 0.4) is 0 Å². The minimum absolute atomic E-state index is 0.664. The predicted molar refractivity (Wildman–Crippen MR) is 76.2 cm³/mol. The van der Waals surface area contributed by atoms with Crippen molar-refractivity contribution >= 4 is 17.3 Å². The maximum atomic E-state index is 5.19. The molecule has 0 unspecified atom stereocenters. The summed E-state index contributed by atoms with van der Waals surface area (Å²) in [7, 11) is 0. The van der Waals surface area contributed by atoms with Crippen LogP contribution in [0.4, 0.5) is 0 Å². The third-order valence-corrected chi connectivity index (χ3v) is 2.83. The fourth-order valence-electron chi connectivity index (χ4n) is 1.59. The standard InChI is InChI=1S/C13H16N4S/c18-13(15-10-12-7-9-16-17-12)14-8-6-11-4-2-1-3-5-11/h1-5,7,9H,6,8,10H2,(H,16,17)(H2,14,15,18). The highest BCUT2D eigenvalue weighted by atomic mass is 32.1. The first kappa shape index (κ1) is 12.6. The van der Waals surface area contributed by atoms with Crippen molar-refractivity contribution in [1.82, 2.24) is 20.8 Å². The highest BCUT2D eigenvalue weighted by molar-refractivity contribution is 7.80. The molecular weight excluding hydrogens is 244 g/mol. The zero-order valence-electron chi connectivity index (χ0n) is 10.0. The molecule has 5 heteroatoms. The molecule has 0 bridgehead atoms. The summed E-state index contributed by atoms with van der Waals surface area (Å²) in [6, 6.07) is 12.3. The van der Waals surface area contributed by atoms with Gasteiger partial charge in [0.15, 0.2) is 5.11 Å². The highest BCUT2D eigenvalue weighted by Crippen LogP contribution is 1.98. The van der Waals surface area contributed by atoms with Gasteiger partial charge < -0.3 is 10.6 Å². The topological polar surface area (TPSA) is 52.7 Å². The van der Waals surface area contributed by atoms with Crippen LogP contribution in [0.2, 0.25) is 0 Å². The number of rotatable bonds is 5. The van der Waals surface area contributed by atoms with E-state index in [1.165, 1.54) is 5.56 Å². The van der Waals surface area contributed by atoms with Gasteiger partial charge in [0.1, 0.15) is 0 Å². The molecule has 0 amide bonds. The molecule has 0 fully saturated rings. The van der Waals surface area contributed by atoms with Crippen LogP contribution < -0.4 is 10.6 Å². The van der Waals surface area contributed by atoms with E-state index in [1.807, 2.05) is 24.3 Å². The Morgan fingerprint density at radius 3 is 2.72 bits per heavy atom. The molecule has 0 aliphatic rings. The lowest BCUT2D eigenvalue weighted by molar-refractivity contribution is 0.798. The van der Waals surface area contributed by atoms with Gasteiger partial charge in [0.2, 0.25) is 0 Å². The van der Waals surface area contributed by atoms with Crippen molar-refractivity contribution in [2.45, 2.75) is 13.0 Å². The summed E-state index contributed by atoms with van der Waals surface area (Å²) in [5, 5.41) is 13.7. The van der Waals surface area contributed by atoms with E-state index in [-0.39, 0.29) is 0 Å². The smallest absolute Gasteiger partial charge is 0.166 e. The van der Waals surface area contributed by atoms with Gasteiger partial charge in [0.25, 0.3) is 0 Å². The number of nitrogens with zero attached hydrogens (tertiary/aromatic N) is 1. The molecule has 0 atom stereocenters. The monoisotopic (exact) mass is 260 g/mol. The van der Waals surface area contributed by atoms with Gasteiger partial charge in [0.05, 0.1) is 12.2 Å². The summed E-state index contributed by atoms with van der Waals surface area (Å²) in [4.78, 5) is 0. The Morgan fingerprint density at radius 2 is 2.00 bits per heavy atom. The van der Waals surface area contributed by atoms with Gasteiger partial charge in [-0.05, 0) is 30.3 Å². The van der Waals surface area contributed by atoms with E-state index in [1.54, 1.807) is 6.20 Å². The summed E-state index contributed by atoms with van der Waals surface area (Å²) in [5.41, 5.74) is 2.32. The van der Waals surface area contributed by atoms with E-state index >= 15 is 0 Å². The van der Waals surface area contributed by atoms with Crippen LogP contribution in [0.5, 0.6) is 0 Å². The molecule has 0 radical (unpaired) electrons. The molecular formula is C13H16N4S. The first-order chi connectivity index (χ1) is 8.84. The van der Waals surface area contributed by atoms with Crippen LogP contribution in [0.15, 0.2) is 42.6 Å². The molecule has 1 aromatic carbocycles. The molecule has 2 aromatic rings. The first-order valence-electron chi connectivity index (χ1n) is 5.88. The average Bonchev–Trinajstić information content (AvgIpc) is 2.91. The summed E-state index contributed by atoms with van der Waals surface area (Å²) >= 11 is 5.19.